The Morgan fingerprint density at radius 1 is 1.28 bits per heavy atom. The summed E-state index contributed by atoms with van der Waals surface area (Å²) in [6.45, 7) is 1.80. The zero-order chi connectivity index (χ0) is 13.0. The molecule has 0 saturated carbocycles. The van der Waals surface area contributed by atoms with Crippen LogP contribution in [0.15, 0.2) is 24.3 Å². The van der Waals surface area contributed by atoms with Gasteiger partial charge in [0.1, 0.15) is 15.4 Å². The first-order valence-corrected chi connectivity index (χ1v) is 7.79. The van der Waals surface area contributed by atoms with Gasteiger partial charge in [0.2, 0.25) is 0 Å². The van der Waals surface area contributed by atoms with E-state index in [4.69, 9.17) is 0 Å². The zero-order valence-corrected chi connectivity index (χ0v) is 11.0. The van der Waals surface area contributed by atoms with Crippen molar-refractivity contribution >= 4 is 20.9 Å². The highest BCUT2D eigenvalue weighted by molar-refractivity contribution is 7.90. The van der Waals surface area contributed by atoms with E-state index in [0.29, 0.717) is 19.6 Å². The number of nitrogens with one attached hydrogen (secondary N) is 1. The lowest BCUT2D eigenvalue weighted by molar-refractivity contribution is 0.557. The Morgan fingerprint density at radius 2 is 2.06 bits per heavy atom. The number of sulfone groups is 1. The summed E-state index contributed by atoms with van der Waals surface area (Å²) in [6.07, 6.45) is 1.24. The van der Waals surface area contributed by atoms with Crippen molar-refractivity contribution in [2.45, 2.75) is 6.54 Å². The van der Waals surface area contributed by atoms with E-state index in [0.717, 1.165) is 11.0 Å². The average molecular weight is 268 g/mol. The number of fused-ring (bicyclic) bond motifs is 1. The van der Waals surface area contributed by atoms with Gasteiger partial charge in [0.25, 0.3) is 0 Å². The minimum absolute atomic E-state index is 0.158. The molecule has 2 rings (SSSR count). The molecule has 0 radical (unpaired) electrons. The highest BCUT2D eigenvalue weighted by Gasteiger charge is 2.03. The lowest BCUT2D eigenvalue weighted by Crippen LogP contribution is -2.26. The maximum atomic E-state index is 10.9. The smallest absolute Gasteiger partial charge is 0.148 e. The molecule has 1 heterocycles. The van der Waals surface area contributed by atoms with Crippen molar-refractivity contribution in [3.63, 3.8) is 0 Å². The van der Waals surface area contributed by atoms with E-state index in [1.54, 1.807) is 0 Å². The van der Waals surface area contributed by atoms with Gasteiger partial charge in [-0.25, -0.2) is 13.1 Å². The first-order valence-electron chi connectivity index (χ1n) is 5.73. The molecule has 2 aromatic rings. The van der Waals surface area contributed by atoms with Gasteiger partial charge in [-0.05, 0) is 12.1 Å². The van der Waals surface area contributed by atoms with Crippen LogP contribution in [0.4, 0.5) is 0 Å². The van der Waals surface area contributed by atoms with E-state index in [2.05, 4.69) is 15.6 Å². The van der Waals surface area contributed by atoms with Crippen molar-refractivity contribution in [1.82, 2.24) is 20.3 Å². The molecule has 0 atom stereocenters. The first kappa shape index (κ1) is 13.0. The second-order valence-corrected chi connectivity index (χ2v) is 6.44. The van der Waals surface area contributed by atoms with Gasteiger partial charge in [0, 0.05) is 19.3 Å². The van der Waals surface area contributed by atoms with Gasteiger partial charge < -0.3 is 5.32 Å². The van der Waals surface area contributed by atoms with Crippen LogP contribution in [0.5, 0.6) is 0 Å². The van der Waals surface area contributed by atoms with E-state index < -0.39 is 9.84 Å². The number of benzene rings is 1. The first-order chi connectivity index (χ1) is 8.56. The maximum Gasteiger partial charge on any atom is 0.148 e. The summed E-state index contributed by atoms with van der Waals surface area (Å²) in [6, 6.07) is 7.74. The Morgan fingerprint density at radius 3 is 2.83 bits per heavy atom. The third-order valence-electron chi connectivity index (χ3n) is 2.57. The summed E-state index contributed by atoms with van der Waals surface area (Å²) < 4.78 is 23.7. The van der Waals surface area contributed by atoms with E-state index >= 15 is 0 Å². The van der Waals surface area contributed by atoms with Gasteiger partial charge >= 0.3 is 0 Å². The topological polar surface area (TPSA) is 76.9 Å². The van der Waals surface area contributed by atoms with E-state index in [9.17, 15) is 8.42 Å². The summed E-state index contributed by atoms with van der Waals surface area (Å²) in [5, 5.41) is 11.2. The fraction of sp³-hybridized carbons (Fsp3) is 0.455. The molecule has 98 valence electrons. The molecule has 0 fully saturated rings. The lowest BCUT2D eigenvalue weighted by Gasteiger charge is -2.04. The molecular formula is C11H16N4O2S. The summed E-state index contributed by atoms with van der Waals surface area (Å²) in [7, 11) is -2.89. The zero-order valence-electron chi connectivity index (χ0n) is 10.2. The number of hydrogen-bond donors (Lipinski definition) is 1. The molecule has 1 N–H and O–H groups in total. The van der Waals surface area contributed by atoms with E-state index in [-0.39, 0.29) is 5.75 Å². The van der Waals surface area contributed by atoms with Gasteiger partial charge in [-0.2, -0.15) is 0 Å². The molecule has 0 spiro atoms. The summed E-state index contributed by atoms with van der Waals surface area (Å²) >= 11 is 0. The fourth-order valence-electron chi connectivity index (χ4n) is 1.65. The molecule has 6 nitrogen and oxygen atoms in total. The second-order valence-electron chi connectivity index (χ2n) is 4.18. The van der Waals surface area contributed by atoms with E-state index in [1.807, 2.05) is 28.9 Å². The van der Waals surface area contributed by atoms with Crippen LogP contribution >= 0.6 is 0 Å². The standard InChI is InChI=1S/C11H16N4O2S/c1-18(16,17)9-7-12-6-8-15-11-5-3-2-4-10(11)13-14-15/h2-5,12H,6-9H2,1H3. The molecule has 1 aromatic heterocycles. The number of aromatic nitrogens is 3. The molecule has 7 heteroatoms. The Kier molecular flexibility index (Phi) is 3.93. The molecule has 18 heavy (non-hydrogen) atoms. The van der Waals surface area contributed by atoms with Crippen molar-refractivity contribution < 1.29 is 8.42 Å². The minimum atomic E-state index is -2.89. The van der Waals surface area contributed by atoms with Crippen LogP contribution < -0.4 is 5.32 Å². The van der Waals surface area contributed by atoms with Gasteiger partial charge in [0.05, 0.1) is 17.8 Å². The van der Waals surface area contributed by atoms with Crippen LogP contribution in [0.2, 0.25) is 0 Å². The average Bonchev–Trinajstić information content (AvgIpc) is 2.71. The van der Waals surface area contributed by atoms with Gasteiger partial charge in [-0.3, -0.25) is 0 Å². The Bertz CT molecular complexity index is 621. The lowest BCUT2D eigenvalue weighted by atomic mass is 10.3. The largest absolute Gasteiger partial charge is 0.314 e. The molecule has 1 aromatic carbocycles. The van der Waals surface area contributed by atoms with Crippen LogP contribution in [-0.4, -0.2) is 48.5 Å². The van der Waals surface area contributed by atoms with Crippen LogP contribution in [0.3, 0.4) is 0 Å². The SMILES string of the molecule is CS(=O)(=O)CCNCCn1nnc2ccccc21. The minimum Gasteiger partial charge on any atom is -0.314 e. The van der Waals surface area contributed by atoms with Gasteiger partial charge in [-0.1, -0.05) is 17.3 Å². The highest BCUT2D eigenvalue weighted by Crippen LogP contribution is 2.08. The molecule has 0 amide bonds. The Balaban J connectivity index is 1.84. The summed E-state index contributed by atoms with van der Waals surface area (Å²) in [5.41, 5.74) is 1.86. The van der Waals surface area contributed by atoms with Crippen molar-refractivity contribution in [2.24, 2.45) is 0 Å². The molecule has 0 aliphatic carbocycles. The predicted octanol–water partition coefficient (Wildman–Crippen LogP) is 0.0655. The monoisotopic (exact) mass is 268 g/mol. The molecule has 0 saturated heterocycles. The molecule has 0 aliphatic rings. The number of hydrogen-bond acceptors (Lipinski definition) is 5. The predicted molar refractivity (Wildman–Crippen MR) is 70.1 cm³/mol. The highest BCUT2D eigenvalue weighted by atomic mass is 32.2. The van der Waals surface area contributed by atoms with Crippen LogP contribution in [0.25, 0.3) is 11.0 Å². The van der Waals surface area contributed by atoms with Gasteiger partial charge in [0.15, 0.2) is 0 Å². The fourth-order valence-corrected chi connectivity index (χ4v) is 2.17. The molecule has 0 bridgehead atoms. The van der Waals surface area contributed by atoms with Crippen molar-refractivity contribution in [3.05, 3.63) is 24.3 Å². The third kappa shape index (κ3) is 3.51. The quantitative estimate of drug-likeness (QED) is 0.750. The van der Waals surface area contributed by atoms with Crippen LogP contribution in [0, 0.1) is 0 Å². The van der Waals surface area contributed by atoms with Crippen LogP contribution in [-0.2, 0) is 16.4 Å². The summed E-state index contributed by atoms with van der Waals surface area (Å²) in [5.74, 6) is 0.158. The van der Waals surface area contributed by atoms with Crippen LogP contribution in [0.1, 0.15) is 0 Å². The number of rotatable bonds is 6. The van der Waals surface area contributed by atoms with Crippen molar-refractivity contribution in [3.8, 4) is 0 Å². The Labute approximate surface area is 106 Å². The van der Waals surface area contributed by atoms with E-state index in [1.165, 1.54) is 6.26 Å². The van der Waals surface area contributed by atoms with Gasteiger partial charge in [-0.15, -0.1) is 5.10 Å². The van der Waals surface area contributed by atoms with Crippen molar-refractivity contribution in [2.75, 3.05) is 25.1 Å². The molecule has 0 unspecified atom stereocenters. The Hall–Kier alpha value is -1.47. The molecular weight excluding hydrogens is 252 g/mol. The normalized spacial score (nSPS) is 12.1. The maximum absolute atomic E-state index is 10.9. The number of para-hydroxylation sites is 1. The van der Waals surface area contributed by atoms with Crippen molar-refractivity contribution in [1.29, 1.82) is 0 Å². The number of nitrogens with zero attached hydrogens (tertiary/aromatic N) is 3. The third-order valence-corrected chi connectivity index (χ3v) is 3.52. The molecule has 0 aliphatic heterocycles. The second kappa shape index (κ2) is 5.45. The summed E-state index contributed by atoms with van der Waals surface area (Å²) in [4.78, 5) is 0.